The van der Waals surface area contributed by atoms with Crippen molar-refractivity contribution in [3.05, 3.63) is 66.6 Å². The van der Waals surface area contributed by atoms with Crippen LogP contribution < -0.4 is 4.90 Å². The molecular formula is C22H20N2O6. The van der Waals surface area contributed by atoms with Crippen molar-refractivity contribution in [2.75, 3.05) is 24.7 Å². The molecule has 0 unspecified atom stereocenters. The number of aromatic nitrogens is 1. The number of oxazole rings is 1. The Labute approximate surface area is 172 Å². The van der Waals surface area contributed by atoms with Crippen molar-refractivity contribution in [3.8, 4) is 0 Å². The Hall–Kier alpha value is -3.94. The molecule has 1 aromatic heterocycles. The van der Waals surface area contributed by atoms with Crippen molar-refractivity contribution < 1.29 is 28.3 Å². The standard InChI is InChI=1S/C22H20N2O6/c1-2-28-22(27)14-24(16-8-4-3-5-9-16)20(25)15-29-21(26)13-12-19-23-17-10-6-7-11-18(17)30-19/h3-13H,2,14-15H2,1H3/b13-12+. The van der Waals surface area contributed by atoms with Gasteiger partial charge in [-0.1, -0.05) is 30.3 Å². The van der Waals surface area contributed by atoms with Gasteiger partial charge in [-0.05, 0) is 31.2 Å². The van der Waals surface area contributed by atoms with Gasteiger partial charge in [0.2, 0.25) is 5.89 Å². The molecule has 0 N–H and O–H groups in total. The average molecular weight is 408 g/mol. The Morgan fingerprint density at radius 3 is 2.50 bits per heavy atom. The maximum absolute atomic E-state index is 12.6. The summed E-state index contributed by atoms with van der Waals surface area (Å²) >= 11 is 0. The lowest BCUT2D eigenvalue weighted by atomic mass is 10.3. The predicted octanol–water partition coefficient (Wildman–Crippen LogP) is 2.98. The van der Waals surface area contributed by atoms with Gasteiger partial charge in [0.05, 0.1) is 6.61 Å². The fourth-order valence-electron chi connectivity index (χ4n) is 2.63. The van der Waals surface area contributed by atoms with Gasteiger partial charge < -0.3 is 13.9 Å². The van der Waals surface area contributed by atoms with Crippen LogP contribution in [0.25, 0.3) is 17.2 Å². The number of ether oxygens (including phenoxy) is 2. The quantitative estimate of drug-likeness (QED) is 0.417. The van der Waals surface area contributed by atoms with E-state index in [9.17, 15) is 14.4 Å². The number of esters is 2. The number of rotatable bonds is 8. The van der Waals surface area contributed by atoms with Crippen LogP contribution in [-0.4, -0.2) is 42.6 Å². The lowest BCUT2D eigenvalue weighted by Gasteiger charge is -2.21. The van der Waals surface area contributed by atoms with E-state index in [0.717, 1.165) is 6.08 Å². The zero-order chi connectivity index (χ0) is 21.3. The number of carbonyl (C=O) groups is 3. The zero-order valence-corrected chi connectivity index (χ0v) is 16.3. The van der Waals surface area contributed by atoms with Crippen LogP contribution in [0, 0.1) is 0 Å². The van der Waals surface area contributed by atoms with Gasteiger partial charge >= 0.3 is 11.9 Å². The molecule has 0 atom stereocenters. The fraction of sp³-hybridized carbons (Fsp3) is 0.182. The van der Waals surface area contributed by atoms with Crippen LogP contribution in [0.3, 0.4) is 0 Å². The molecular weight excluding hydrogens is 388 g/mol. The van der Waals surface area contributed by atoms with Crippen LogP contribution in [-0.2, 0) is 23.9 Å². The van der Waals surface area contributed by atoms with E-state index >= 15 is 0 Å². The topological polar surface area (TPSA) is 98.9 Å². The predicted molar refractivity (Wildman–Crippen MR) is 109 cm³/mol. The highest BCUT2D eigenvalue weighted by molar-refractivity contribution is 5.99. The van der Waals surface area contributed by atoms with Gasteiger partial charge in [-0.3, -0.25) is 14.5 Å². The molecule has 1 amide bonds. The molecule has 2 aromatic carbocycles. The number of nitrogens with zero attached hydrogens (tertiary/aromatic N) is 2. The molecule has 154 valence electrons. The molecule has 0 spiro atoms. The SMILES string of the molecule is CCOC(=O)CN(C(=O)COC(=O)/C=C/c1nc2ccccc2o1)c1ccccc1. The molecule has 0 saturated carbocycles. The van der Waals surface area contributed by atoms with Crippen LogP contribution >= 0.6 is 0 Å². The third kappa shape index (κ3) is 5.54. The van der Waals surface area contributed by atoms with Crippen molar-refractivity contribution in [2.45, 2.75) is 6.92 Å². The van der Waals surface area contributed by atoms with E-state index in [1.54, 1.807) is 49.4 Å². The number of carbonyl (C=O) groups excluding carboxylic acids is 3. The van der Waals surface area contributed by atoms with Gasteiger partial charge in [0, 0.05) is 17.8 Å². The second-order valence-corrected chi connectivity index (χ2v) is 6.08. The molecule has 1 heterocycles. The second kappa shape index (κ2) is 10.0. The molecule has 0 fully saturated rings. The molecule has 3 rings (SSSR count). The lowest BCUT2D eigenvalue weighted by Crippen LogP contribution is -2.39. The summed E-state index contributed by atoms with van der Waals surface area (Å²) in [6, 6.07) is 15.8. The van der Waals surface area contributed by atoms with Gasteiger partial charge in [-0.2, -0.15) is 0 Å². The van der Waals surface area contributed by atoms with E-state index in [0.29, 0.717) is 16.8 Å². The van der Waals surface area contributed by atoms with Crippen LogP contribution in [0.5, 0.6) is 0 Å². The minimum Gasteiger partial charge on any atom is -0.465 e. The smallest absolute Gasteiger partial charge is 0.331 e. The molecule has 8 nitrogen and oxygen atoms in total. The average Bonchev–Trinajstić information content (AvgIpc) is 3.18. The van der Waals surface area contributed by atoms with Crippen molar-refractivity contribution in [2.24, 2.45) is 0 Å². The molecule has 0 radical (unpaired) electrons. The number of fused-ring (bicyclic) bond motifs is 1. The van der Waals surface area contributed by atoms with Gasteiger partial charge in [-0.15, -0.1) is 0 Å². The molecule has 8 heteroatoms. The lowest BCUT2D eigenvalue weighted by molar-refractivity contribution is -0.144. The summed E-state index contributed by atoms with van der Waals surface area (Å²) in [7, 11) is 0. The first-order valence-electron chi connectivity index (χ1n) is 9.28. The summed E-state index contributed by atoms with van der Waals surface area (Å²) in [5.74, 6) is -1.61. The van der Waals surface area contributed by atoms with E-state index < -0.39 is 24.5 Å². The Kier molecular flexibility index (Phi) is 6.94. The number of para-hydroxylation sites is 3. The van der Waals surface area contributed by atoms with E-state index in [1.165, 1.54) is 11.0 Å². The maximum atomic E-state index is 12.6. The summed E-state index contributed by atoms with van der Waals surface area (Å²) in [6.45, 7) is 1.06. The molecule has 0 bridgehead atoms. The van der Waals surface area contributed by atoms with Gasteiger partial charge in [0.1, 0.15) is 12.1 Å². The Bertz CT molecular complexity index is 1020. The summed E-state index contributed by atoms with van der Waals surface area (Å²) in [4.78, 5) is 41.8. The number of hydrogen-bond acceptors (Lipinski definition) is 7. The minimum atomic E-state index is -0.741. The summed E-state index contributed by atoms with van der Waals surface area (Å²) < 4.78 is 15.4. The number of hydrogen-bond donors (Lipinski definition) is 0. The number of amides is 1. The zero-order valence-electron chi connectivity index (χ0n) is 16.3. The van der Waals surface area contributed by atoms with E-state index in [4.69, 9.17) is 13.9 Å². The van der Waals surface area contributed by atoms with Crippen molar-refractivity contribution in [3.63, 3.8) is 0 Å². The number of anilines is 1. The highest BCUT2D eigenvalue weighted by Crippen LogP contribution is 2.16. The Morgan fingerprint density at radius 1 is 1.03 bits per heavy atom. The third-order valence-corrected chi connectivity index (χ3v) is 3.97. The molecule has 0 aliphatic heterocycles. The second-order valence-electron chi connectivity index (χ2n) is 6.08. The highest BCUT2D eigenvalue weighted by atomic mass is 16.5. The summed E-state index contributed by atoms with van der Waals surface area (Å²) in [5.41, 5.74) is 1.75. The monoisotopic (exact) mass is 408 g/mol. The Balaban J connectivity index is 1.60. The molecule has 0 aliphatic carbocycles. The van der Waals surface area contributed by atoms with Gasteiger partial charge in [-0.25, -0.2) is 9.78 Å². The normalized spacial score (nSPS) is 10.8. The summed E-state index contributed by atoms with van der Waals surface area (Å²) in [6.07, 6.45) is 2.48. The largest absolute Gasteiger partial charge is 0.465 e. The molecule has 30 heavy (non-hydrogen) atoms. The maximum Gasteiger partial charge on any atom is 0.331 e. The van der Waals surface area contributed by atoms with E-state index in [2.05, 4.69) is 4.98 Å². The summed E-state index contributed by atoms with van der Waals surface area (Å²) in [5, 5.41) is 0. The van der Waals surface area contributed by atoms with Crippen LogP contribution in [0.1, 0.15) is 12.8 Å². The molecule has 0 saturated heterocycles. The van der Waals surface area contributed by atoms with Gasteiger partial charge in [0.15, 0.2) is 12.2 Å². The number of benzene rings is 2. The first kappa shape index (κ1) is 20.8. The Morgan fingerprint density at radius 2 is 1.77 bits per heavy atom. The van der Waals surface area contributed by atoms with E-state index in [1.807, 2.05) is 12.1 Å². The fourth-order valence-corrected chi connectivity index (χ4v) is 2.63. The highest BCUT2D eigenvalue weighted by Gasteiger charge is 2.21. The third-order valence-electron chi connectivity index (χ3n) is 3.97. The van der Waals surface area contributed by atoms with Crippen molar-refractivity contribution >= 4 is 40.7 Å². The first-order valence-corrected chi connectivity index (χ1v) is 9.28. The minimum absolute atomic E-state index is 0.200. The van der Waals surface area contributed by atoms with Crippen molar-refractivity contribution in [1.82, 2.24) is 4.98 Å². The van der Waals surface area contributed by atoms with Crippen LogP contribution in [0.2, 0.25) is 0 Å². The first-order chi connectivity index (χ1) is 14.6. The van der Waals surface area contributed by atoms with Gasteiger partial charge in [0.25, 0.3) is 5.91 Å². The molecule has 0 aliphatic rings. The van der Waals surface area contributed by atoms with E-state index in [-0.39, 0.29) is 19.0 Å². The van der Waals surface area contributed by atoms with Crippen molar-refractivity contribution in [1.29, 1.82) is 0 Å². The van der Waals surface area contributed by atoms with Crippen LogP contribution in [0.15, 0.2) is 65.1 Å². The molecule has 3 aromatic rings. The van der Waals surface area contributed by atoms with Crippen LogP contribution in [0.4, 0.5) is 5.69 Å².